The van der Waals surface area contributed by atoms with E-state index in [9.17, 15) is 9.90 Å². The Hall–Kier alpha value is -0.610. The molecule has 1 saturated heterocycles. The summed E-state index contributed by atoms with van der Waals surface area (Å²) < 4.78 is 0. The van der Waals surface area contributed by atoms with Crippen LogP contribution in [-0.2, 0) is 4.79 Å². The minimum absolute atomic E-state index is 0.298. The van der Waals surface area contributed by atoms with E-state index >= 15 is 0 Å². The molecule has 0 aromatic rings. The number of carboxylic acid groups (broad SMARTS) is 1. The van der Waals surface area contributed by atoms with Crippen molar-refractivity contribution in [1.29, 1.82) is 0 Å². The Kier molecular flexibility index (Phi) is 5.40. The average Bonchev–Trinajstić information content (AvgIpc) is 2.25. The van der Waals surface area contributed by atoms with E-state index in [1.807, 2.05) is 0 Å². The number of carboxylic acids is 1. The van der Waals surface area contributed by atoms with Gasteiger partial charge >= 0.3 is 5.97 Å². The Morgan fingerprint density at radius 3 is 2.29 bits per heavy atom. The summed E-state index contributed by atoms with van der Waals surface area (Å²) in [5.41, 5.74) is 0. The van der Waals surface area contributed by atoms with Gasteiger partial charge in [0.05, 0.1) is 0 Å². The molecule has 17 heavy (non-hydrogen) atoms. The van der Waals surface area contributed by atoms with Gasteiger partial charge in [-0.1, -0.05) is 19.8 Å². The molecule has 0 aromatic carbocycles. The fourth-order valence-electron chi connectivity index (χ4n) is 2.56. The highest BCUT2D eigenvalue weighted by Gasteiger charge is 2.33. The number of rotatable bonds is 5. The molecule has 0 radical (unpaired) electrons. The van der Waals surface area contributed by atoms with Crippen LogP contribution in [0.1, 0.15) is 40.0 Å². The summed E-state index contributed by atoms with van der Waals surface area (Å²) in [6.45, 7) is 8.17. The van der Waals surface area contributed by atoms with E-state index in [0.717, 1.165) is 32.4 Å². The summed E-state index contributed by atoms with van der Waals surface area (Å²) in [5.74, 6) is -0.664. The molecule has 1 N–H and O–H groups in total. The molecule has 0 amide bonds. The predicted octanol–water partition coefficient (Wildman–Crippen LogP) is 1.65. The van der Waals surface area contributed by atoms with E-state index in [4.69, 9.17) is 0 Å². The third kappa shape index (κ3) is 3.68. The second-order valence-corrected chi connectivity index (χ2v) is 5.31. The topological polar surface area (TPSA) is 43.8 Å². The quantitative estimate of drug-likeness (QED) is 0.796. The number of likely N-dealkylation sites (N-methyl/N-ethyl adjacent to an activating group) is 1. The molecule has 100 valence electrons. The summed E-state index contributed by atoms with van der Waals surface area (Å²) in [5, 5.41) is 9.34. The van der Waals surface area contributed by atoms with Crippen molar-refractivity contribution in [3.63, 3.8) is 0 Å². The molecule has 0 aromatic heterocycles. The molecule has 1 fully saturated rings. The van der Waals surface area contributed by atoms with Gasteiger partial charge in [0.2, 0.25) is 0 Å². The standard InChI is InChI=1S/C13H26N2O2/c1-5-6-7-12(13(16)17)15-8-10(2)14(4)11(3)9-15/h10-12H,5-9H2,1-4H3,(H,16,17). The number of hydrogen-bond acceptors (Lipinski definition) is 3. The van der Waals surface area contributed by atoms with Crippen molar-refractivity contribution in [3.05, 3.63) is 0 Å². The van der Waals surface area contributed by atoms with E-state index in [0.29, 0.717) is 12.1 Å². The molecule has 1 heterocycles. The van der Waals surface area contributed by atoms with Gasteiger partial charge in [0.1, 0.15) is 6.04 Å². The van der Waals surface area contributed by atoms with Crippen molar-refractivity contribution in [1.82, 2.24) is 9.80 Å². The van der Waals surface area contributed by atoms with Gasteiger partial charge in [0.25, 0.3) is 0 Å². The first-order valence-electron chi connectivity index (χ1n) is 6.66. The molecule has 1 aliphatic rings. The van der Waals surface area contributed by atoms with E-state index < -0.39 is 5.97 Å². The Morgan fingerprint density at radius 1 is 1.35 bits per heavy atom. The lowest BCUT2D eigenvalue weighted by Gasteiger charge is -2.44. The fraction of sp³-hybridized carbons (Fsp3) is 0.923. The number of nitrogens with zero attached hydrogens (tertiary/aromatic N) is 2. The number of aliphatic carboxylic acids is 1. The number of carbonyl (C=O) groups is 1. The monoisotopic (exact) mass is 242 g/mol. The lowest BCUT2D eigenvalue weighted by atomic mass is 10.0. The summed E-state index contributed by atoms with van der Waals surface area (Å²) in [4.78, 5) is 15.8. The highest BCUT2D eigenvalue weighted by atomic mass is 16.4. The van der Waals surface area contributed by atoms with Crippen LogP contribution in [0.3, 0.4) is 0 Å². The number of piperazine rings is 1. The molecule has 1 aliphatic heterocycles. The van der Waals surface area contributed by atoms with Crippen LogP contribution in [-0.4, -0.2) is 59.1 Å². The van der Waals surface area contributed by atoms with E-state index in [-0.39, 0.29) is 6.04 Å². The first-order valence-corrected chi connectivity index (χ1v) is 6.66. The van der Waals surface area contributed by atoms with E-state index in [1.165, 1.54) is 0 Å². The van der Waals surface area contributed by atoms with Crippen molar-refractivity contribution < 1.29 is 9.90 Å². The first kappa shape index (κ1) is 14.5. The van der Waals surface area contributed by atoms with Crippen molar-refractivity contribution in [2.75, 3.05) is 20.1 Å². The minimum atomic E-state index is -0.664. The molecule has 0 aliphatic carbocycles. The van der Waals surface area contributed by atoms with Crippen LogP contribution in [0.2, 0.25) is 0 Å². The maximum Gasteiger partial charge on any atom is 0.320 e. The van der Waals surface area contributed by atoms with Crippen LogP contribution in [0.15, 0.2) is 0 Å². The zero-order valence-corrected chi connectivity index (χ0v) is 11.5. The molecular formula is C13H26N2O2. The highest BCUT2D eigenvalue weighted by Crippen LogP contribution is 2.18. The van der Waals surface area contributed by atoms with Crippen LogP contribution in [0, 0.1) is 0 Å². The van der Waals surface area contributed by atoms with Gasteiger partial charge in [-0.3, -0.25) is 14.6 Å². The predicted molar refractivity (Wildman–Crippen MR) is 69.2 cm³/mol. The largest absolute Gasteiger partial charge is 0.480 e. The van der Waals surface area contributed by atoms with Gasteiger partial charge in [0, 0.05) is 25.2 Å². The zero-order valence-electron chi connectivity index (χ0n) is 11.5. The zero-order chi connectivity index (χ0) is 13.0. The average molecular weight is 242 g/mol. The molecule has 3 unspecified atom stereocenters. The van der Waals surface area contributed by atoms with Crippen LogP contribution in [0.5, 0.6) is 0 Å². The third-order valence-electron chi connectivity index (χ3n) is 3.94. The Balaban J connectivity index is 2.65. The SMILES string of the molecule is CCCCC(C(=O)O)N1CC(C)N(C)C(C)C1. The van der Waals surface area contributed by atoms with Gasteiger partial charge in [-0.2, -0.15) is 0 Å². The Morgan fingerprint density at radius 2 is 1.88 bits per heavy atom. The van der Waals surface area contributed by atoms with Crippen LogP contribution in [0.4, 0.5) is 0 Å². The summed E-state index contributed by atoms with van der Waals surface area (Å²) in [7, 11) is 2.12. The number of unbranched alkanes of at least 4 members (excludes halogenated alkanes) is 1. The first-order chi connectivity index (χ1) is 7.97. The molecule has 4 heteroatoms. The van der Waals surface area contributed by atoms with E-state index in [1.54, 1.807) is 0 Å². The Labute approximate surface area is 105 Å². The molecule has 0 saturated carbocycles. The molecule has 0 bridgehead atoms. The van der Waals surface area contributed by atoms with Crippen molar-refractivity contribution >= 4 is 5.97 Å². The maximum absolute atomic E-state index is 11.3. The Bertz CT molecular complexity index is 246. The van der Waals surface area contributed by atoms with Crippen LogP contribution >= 0.6 is 0 Å². The van der Waals surface area contributed by atoms with Gasteiger partial charge in [0.15, 0.2) is 0 Å². The third-order valence-corrected chi connectivity index (χ3v) is 3.94. The van der Waals surface area contributed by atoms with Crippen molar-refractivity contribution in [2.24, 2.45) is 0 Å². The van der Waals surface area contributed by atoms with Gasteiger partial charge in [-0.05, 0) is 27.3 Å². The highest BCUT2D eigenvalue weighted by molar-refractivity contribution is 5.73. The van der Waals surface area contributed by atoms with Gasteiger partial charge in [-0.25, -0.2) is 0 Å². The molecule has 0 spiro atoms. The summed E-state index contributed by atoms with van der Waals surface area (Å²) in [6, 6.07) is 0.568. The summed E-state index contributed by atoms with van der Waals surface area (Å²) in [6.07, 6.45) is 2.82. The number of hydrogen-bond donors (Lipinski definition) is 1. The molecule has 4 nitrogen and oxygen atoms in total. The van der Waals surface area contributed by atoms with Crippen molar-refractivity contribution in [3.8, 4) is 0 Å². The fourth-order valence-corrected chi connectivity index (χ4v) is 2.56. The smallest absolute Gasteiger partial charge is 0.320 e. The van der Waals surface area contributed by atoms with Crippen LogP contribution < -0.4 is 0 Å². The maximum atomic E-state index is 11.3. The minimum Gasteiger partial charge on any atom is -0.480 e. The lowest BCUT2D eigenvalue weighted by molar-refractivity contribution is -0.145. The molecular weight excluding hydrogens is 216 g/mol. The molecule has 1 rings (SSSR count). The normalized spacial score (nSPS) is 29.2. The summed E-state index contributed by atoms with van der Waals surface area (Å²) >= 11 is 0. The van der Waals surface area contributed by atoms with Crippen LogP contribution in [0.25, 0.3) is 0 Å². The second kappa shape index (κ2) is 6.36. The lowest BCUT2D eigenvalue weighted by Crippen LogP contribution is -2.59. The van der Waals surface area contributed by atoms with Gasteiger partial charge in [-0.15, -0.1) is 0 Å². The van der Waals surface area contributed by atoms with Crippen molar-refractivity contribution in [2.45, 2.75) is 58.2 Å². The second-order valence-electron chi connectivity index (χ2n) is 5.31. The molecule has 3 atom stereocenters. The van der Waals surface area contributed by atoms with Gasteiger partial charge < -0.3 is 5.11 Å². The van der Waals surface area contributed by atoms with E-state index in [2.05, 4.69) is 37.6 Å².